The highest BCUT2D eigenvalue weighted by molar-refractivity contribution is 5.40. The molecule has 0 saturated heterocycles. The maximum absolute atomic E-state index is 6.12. The van der Waals surface area contributed by atoms with Crippen molar-refractivity contribution < 1.29 is 9.47 Å². The summed E-state index contributed by atoms with van der Waals surface area (Å²) in [6.07, 6.45) is 2.50. The smallest absolute Gasteiger partial charge is 0.123 e. The highest BCUT2D eigenvalue weighted by Gasteiger charge is 2.26. The van der Waals surface area contributed by atoms with Crippen molar-refractivity contribution in [3.63, 3.8) is 0 Å². The summed E-state index contributed by atoms with van der Waals surface area (Å²) in [7, 11) is 1.74. The maximum atomic E-state index is 6.12. The lowest BCUT2D eigenvalue weighted by Gasteiger charge is -2.24. The normalized spacial score (nSPS) is 18.6. The molecule has 1 heterocycles. The van der Waals surface area contributed by atoms with Gasteiger partial charge in [0.2, 0.25) is 0 Å². The van der Waals surface area contributed by atoms with Crippen molar-refractivity contribution in [2.24, 2.45) is 11.8 Å². The molecule has 0 amide bonds. The maximum Gasteiger partial charge on any atom is 0.123 e. The molecule has 1 aromatic rings. The van der Waals surface area contributed by atoms with E-state index in [1.54, 1.807) is 7.11 Å². The Morgan fingerprint density at radius 2 is 2.19 bits per heavy atom. The third-order valence-electron chi connectivity index (χ3n) is 4.36. The predicted molar refractivity (Wildman–Crippen MR) is 87.0 cm³/mol. The number of methoxy groups -OCH3 is 1. The molecule has 0 aromatic heterocycles. The number of hydrogen-bond donors (Lipinski definition) is 1. The molecule has 2 atom stereocenters. The van der Waals surface area contributed by atoms with Gasteiger partial charge in [0.25, 0.3) is 0 Å². The molecule has 0 fully saturated rings. The van der Waals surface area contributed by atoms with Gasteiger partial charge in [-0.2, -0.15) is 0 Å². The number of ether oxygens (including phenoxy) is 2. The van der Waals surface area contributed by atoms with Gasteiger partial charge in [-0.05, 0) is 43.4 Å². The fraction of sp³-hybridized carbons (Fsp3) is 0.667. The first-order valence-corrected chi connectivity index (χ1v) is 8.06. The number of rotatable bonds is 8. The van der Waals surface area contributed by atoms with E-state index in [4.69, 9.17) is 9.47 Å². The zero-order valence-electron chi connectivity index (χ0n) is 13.8. The molecule has 21 heavy (non-hydrogen) atoms. The highest BCUT2D eigenvalue weighted by Crippen LogP contribution is 2.33. The van der Waals surface area contributed by atoms with Gasteiger partial charge >= 0.3 is 0 Å². The van der Waals surface area contributed by atoms with E-state index in [0.29, 0.717) is 17.9 Å². The molecule has 1 aliphatic rings. The Kier molecular flexibility index (Phi) is 6.07. The minimum absolute atomic E-state index is 0.332. The third kappa shape index (κ3) is 4.72. The van der Waals surface area contributed by atoms with Gasteiger partial charge in [0.15, 0.2) is 0 Å². The Balaban J connectivity index is 1.85. The summed E-state index contributed by atoms with van der Waals surface area (Å²) in [5, 5.41) is 3.49. The van der Waals surface area contributed by atoms with Gasteiger partial charge in [-0.15, -0.1) is 0 Å². The summed E-state index contributed by atoms with van der Waals surface area (Å²) >= 11 is 0. The molecule has 2 unspecified atom stereocenters. The molecular formula is C18H29NO2. The standard InChI is InChI=1S/C18H29NO2/c1-13(2)16(12-19-7-8-20-4)11-17-10-15-9-14(3)5-6-18(15)21-17/h5-6,9,13,16-17,19H,7-8,10-12H2,1-4H3. The Morgan fingerprint density at radius 3 is 2.90 bits per heavy atom. The van der Waals surface area contributed by atoms with Crippen molar-refractivity contribution in [3.8, 4) is 5.75 Å². The van der Waals surface area contributed by atoms with Crippen LogP contribution in [0.2, 0.25) is 0 Å². The lowest BCUT2D eigenvalue weighted by atomic mass is 9.89. The van der Waals surface area contributed by atoms with Crippen LogP contribution in [0.1, 0.15) is 31.4 Å². The van der Waals surface area contributed by atoms with E-state index < -0.39 is 0 Å². The minimum atomic E-state index is 0.332. The van der Waals surface area contributed by atoms with Crippen molar-refractivity contribution in [1.82, 2.24) is 5.32 Å². The summed E-state index contributed by atoms with van der Waals surface area (Å²) < 4.78 is 11.2. The van der Waals surface area contributed by atoms with Crippen LogP contribution in [0.4, 0.5) is 0 Å². The van der Waals surface area contributed by atoms with E-state index in [2.05, 4.69) is 44.3 Å². The van der Waals surface area contributed by atoms with Crippen LogP contribution >= 0.6 is 0 Å². The molecular weight excluding hydrogens is 262 g/mol. The van der Waals surface area contributed by atoms with Crippen LogP contribution in [-0.4, -0.2) is 32.9 Å². The largest absolute Gasteiger partial charge is 0.490 e. The van der Waals surface area contributed by atoms with Crippen molar-refractivity contribution in [3.05, 3.63) is 29.3 Å². The molecule has 1 aromatic carbocycles. The predicted octanol–water partition coefficient (Wildman–Crippen LogP) is 3.20. The van der Waals surface area contributed by atoms with E-state index >= 15 is 0 Å². The molecule has 2 rings (SSSR count). The number of benzene rings is 1. The highest BCUT2D eigenvalue weighted by atomic mass is 16.5. The van der Waals surface area contributed by atoms with Crippen LogP contribution in [0, 0.1) is 18.8 Å². The van der Waals surface area contributed by atoms with Gasteiger partial charge in [-0.25, -0.2) is 0 Å². The van der Waals surface area contributed by atoms with Crippen LogP contribution in [-0.2, 0) is 11.2 Å². The van der Waals surface area contributed by atoms with Gasteiger partial charge in [0.1, 0.15) is 11.9 Å². The van der Waals surface area contributed by atoms with Crippen molar-refractivity contribution >= 4 is 0 Å². The molecule has 0 bridgehead atoms. The summed E-state index contributed by atoms with van der Waals surface area (Å²) in [5.74, 6) is 2.39. The van der Waals surface area contributed by atoms with Crippen molar-refractivity contribution in [2.45, 2.75) is 39.7 Å². The van der Waals surface area contributed by atoms with E-state index in [1.807, 2.05) is 0 Å². The van der Waals surface area contributed by atoms with Crippen molar-refractivity contribution in [1.29, 1.82) is 0 Å². The summed E-state index contributed by atoms with van der Waals surface area (Å²) in [6.45, 7) is 9.48. The minimum Gasteiger partial charge on any atom is -0.490 e. The summed E-state index contributed by atoms with van der Waals surface area (Å²) in [5.41, 5.74) is 2.69. The Labute approximate surface area is 129 Å². The fourth-order valence-corrected chi connectivity index (χ4v) is 2.97. The fourth-order valence-electron chi connectivity index (χ4n) is 2.97. The molecule has 118 valence electrons. The van der Waals surface area contributed by atoms with Crippen LogP contribution in [0.25, 0.3) is 0 Å². The van der Waals surface area contributed by atoms with Crippen molar-refractivity contribution in [2.75, 3.05) is 26.8 Å². The molecule has 0 spiro atoms. The average molecular weight is 291 g/mol. The number of hydrogen-bond acceptors (Lipinski definition) is 3. The van der Waals surface area contributed by atoms with Crippen LogP contribution in [0.5, 0.6) is 5.75 Å². The Hall–Kier alpha value is -1.06. The third-order valence-corrected chi connectivity index (χ3v) is 4.36. The average Bonchev–Trinajstić information content (AvgIpc) is 2.83. The van der Waals surface area contributed by atoms with Gasteiger partial charge in [-0.1, -0.05) is 31.5 Å². The van der Waals surface area contributed by atoms with Gasteiger partial charge in [-0.3, -0.25) is 0 Å². The molecule has 3 heteroatoms. The van der Waals surface area contributed by atoms with Crippen LogP contribution < -0.4 is 10.1 Å². The van der Waals surface area contributed by atoms with Gasteiger partial charge in [0.05, 0.1) is 6.61 Å². The topological polar surface area (TPSA) is 30.5 Å². The molecule has 0 saturated carbocycles. The van der Waals surface area contributed by atoms with Gasteiger partial charge < -0.3 is 14.8 Å². The second-order valence-corrected chi connectivity index (χ2v) is 6.49. The molecule has 0 radical (unpaired) electrons. The first-order chi connectivity index (χ1) is 10.1. The lowest BCUT2D eigenvalue weighted by molar-refractivity contribution is 0.166. The zero-order chi connectivity index (χ0) is 15.2. The summed E-state index contributed by atoms with van der Waals surface area (Å²) in [6, 6.07) is 6.51. The van der Waals surface area contributed by atoms with Crippen LogP contribution in [0.15, 0.2) is 18.2 Å². The molecule has 3 nitrogen and oxygen atoms in total. The van der Waals surface area contributed by atoms with E-state index in [-0.39, 0.29) is 0 Å². The molecule has 1 N–H and O–H groups in total. The first-order valence-electron chi connectivity index (χ1n) is 8.06. The second-order valence-electron chi connectivity index (χ2n) is 6.49. The first kappa shape index (κ1) is 16.3. The summed E-state index contributed by atoms with van der Waals surface area (Å²) in [4.78, 5) is 0. The number of fused-ring (bicyclic) bond motifs is 1. The molecule has 1 aliphatic heterocycles. The van der Waals surface area contributed by atoms with E-state index in [9.17, 15) is 0 Å². The monoisotopic (exact) mass is 291 g/mol. The second kappa shape index (κ2) is 7.81. The van der Waals surface area contributed by atoms with Crippen LogP contribution in [0.3, 0.4) is 0 Å². The quantitative estimate of drug-likeness (QED) is 0.746. The Bertz CT molecular complexity index is 445. The van der Waals surface area contributed by atoms with E-state index in [1.165, 1.54) is 11.1 Å². The lowest BCUT2D eigenvalue weighted by Crippen LogP contribution is -2.32. The SMILES string of the molecule is COCCNCC(CC1Cc2cc(C)ccc2O1)C(C)C. The van der Waals surface area contributed by atoms with Gasteiger partial charge in [0, 0.05) is 20.1 Å². The van der Waals surface area contributed by atoms with E-state index in [0.717, 1.165) is 38.3 Å². The zero-order valence-corrected chi connectivity index (χ0v) is 13.8. The number of nitrogens with one attached hydrogen (secondary N) is 1. The Morgan fingerprint density at radius 1 is 1.38 bits per heavy atom. The molecule has 0 aliphatic carbocycles. The number of aryl methyl sites for hydroxylation is 1.